The van der Waals surface area contributed by atoms with E-state index in [0.717, 1.165) is 23.3 Å². The van der Waals surface area contributed by atoms with E-state index in [1.807, 2.05) is 42.5 Å². The van der Waals surface area contributed by atoms with Crippen LogP contribution in [0.2, 0.25) is 0 Å². The SMILES string of the molecule is COc1ccc(CCN(CC(=O)N(C)c2ccccc2)S(C)(=O)=O)cc1. The molecule has 0 unspecified atom stereocenters. The van der Waals surface area contributed by atoms with Crippen molar-refractivity contribution < 1.29 is 17.9 Å². The van der Waals surface area contributed by atoms with Gasteiger partial charge in [-0.15, -0.1) is 0 Å². The zero-order chi connectivity index (χ0) is 19.2. The lowest BCUT2D eigenvalue weighted by Crippen LogP contribution is -2.42. The van der Waals surface area contributed by atoms with Crippen molar-refractivity contribution >= 4 is 21.6 Å². The lowest BCUT2D eigenvalue weighted by Gasteiger charge is -2.23. The summed E-state index contributed by atoms with van der Waals surface area (Å²) in [5, 5.41) is 0. The minimum atomic E-state index is -3.50. The van der Waals surface area contributed by atoms with Gasteiger partial charge in [0, 0.05) is 19.3 Å². The Morgan fingerprint density at radius 2 is 1.65 bits per heavy atom. The third-order valence-electron chi connectivity index (χ3n) is 4.11. The van der Waals surface area contributed by atoms with Crippen LogP contribution >= 0.6 is 0 Å². The van der Waals surface area contributed by atoms with E-state index in [9.17, 15) is 13.2 Å². The van der Waals surface area contributed by atoms with Crippen LogP contribution in [0.25, 0.3) is 0 Å². The number of carbonyl (C=O) groups excluding carboxylic acids is 1. The first-order valence-corrected chi connectivity index (χ1v) is 10.1. The fraction of sp³-hybridized carbons (Fsp3) is 0.316. The van der Waals surface area contributed by atoms with Crippen molar-refractivity contribution in [1.29, 1.82) is 0 Å². The summed E-state index contributed by atoms with van der Waals surface area (Å²) in [6.07, 6.45) is 1.64. The highest BCUT2D eigenvalue weighted by Gasteiger charge is 2.22. The topological polar surface area (TPSA) is 66.9 Å². The van der Waals surface area contributed by atoms with E-state index in [-0.39, 0.29) is 19.0 Å². The number of hydrogen-bond donors (Lipinski definition) is 0. The van der Waals surface area contributed by atoms with Gasteiger partial charge in [-0.2, -0.15) is 4.31 Å². The van der Waals surface area contributed by atoms with Gasteiger partial charge in [-0.3, -0.25) is 4.79 Å². The average molecular weight is 376 g/mol. The van der Waals surface area contributed by atoms with E-state index < -0.39 is 10.0 Å². The minimum Gasteiger partial charge on any atom is -0.497 e. The Labute approximate surface area is 155 Å². The normalized spacial score (nSPS) is 11.4. The molecule has 1 amide bonds. The van der Waals surface area contributed by atoms with E-state index in [4.69, 9.17) is 4.74 Å². The molecule has 0 atom stereocenters. The summed E-state index contributed by atoms with van der Waals surface area (Å²) in [6, 6.07) is 16.6. The van der Waals surface area contributed by atoms with Crippen molar-refractivity contribution in [3.05, 3.63) is 60.2 Å². The molecule has 0 aliphatic rings. The number of methoxy groups -OCH3 is 1. The minimum absolute atomic E-state index is 0.194. The van der Waals surface area contributed by atoms with Crippen molar-refractivity contribution in [2.24, 2.45) is 0 Å². The van der Waals surface area contributed by atoms with Gasteiger partial charge in [-0.1, -0.05) is 30.3 Å². The molecule has 0 bridgehead atoms. The molecule has 0 aliphatic carbocycles. The molecule has 7 heteroatoms. The number of anilines is 1. The largest absolute Gasteiger partial charge is 0.497 e. The number of carbonyl (C=O) groups is 1. The number of likely N-dealkylation sites (N-methyl/N-ethyl adjacent to an activating group) is 1. The summed E-state index contributed by atoms with van der Waals surface area (Å²) in [7, 11) is -0.265. The van der Waals surface area contributed by atoms with Gasteiger partial charge in [-0.25, -0.2) is 8.42 Å². The van der Waals surface area contributed by atoms with Gasteiger partial charge in [0.2, 0.25) is 15.9 Å². The van der Waals surface area contributed by atoms with Gasteiger partial charge in [0.1, 0.15) is 5.75 Å². The summed E-state index contributed by atoms with van der Waals surface area (Å²) in [5.74, 6) is 0.463. The lowest BCUT2D eigenvalue weighted by atomic mass is 10.1. The summed E-state index contributed by atoms with van der Waals surface area (Å²) >= 11 is 0. The van der Waals surface area contributed by atoms with Crippen LogP contribution in [0, 0.1) is 0 Å². The molecule has 0 heterocycles. The molecule has 26 heavy (non-hydrogen) atoms. The van der Waals surface area contributed by atoms with Gasteiger partial charge in [0.25, 0.3) is 0 Å². The quantitative estimate of drug-likeness (QED) is 0.708. The molecule has 0 aliphatic heterocycles. The van der Waals surface area contributed by atoms with Crippen LogP contribution in [-0.2, 0) is 21.2 Å². The number of ether oxygens (including phenoxy) is 1. The third kappa shape index (κ3) is 5.57. The van der Waals surface area contributed by atoms with Crippen molar-refractivity contribution in [3.8, 4) is 5.75 Å². The number of amides is 1. The molecule has 2 rings (SSSR count). The van der Waals surface area contributed by atoms with Crippen LogP contribution in [0.3, 0.4) is 0 Å². The maximum Gasteiger partial charge on any atom is 0.242 e. The van der Waals surface area contributed by atoms with E-state index in [1.165, 1.54) is 9.21 Å². The van der Waals surface area contributed by atoms with E-state index >= 15 is 0 Å². The third-order valence-corrected chi connectivity index (χ3v) is 5.36. The van der Waals surface area contributed by atoms with Gasteiger partial charge in [0.05, 0.1) is 19.9 Å². The first-order chi connectivity index (χ1) is 12.3. The Bertz CT molecular complexity index is 820. The Hall–Kier alpha value is -2.38. The molecule has 0 saturated heterocycles. The number of rotatable bonds is 8. The summed E-state index contributed by atoms with van der Waals surface area (Å²) in [4.78, 5) is 14.0. The second kappa shape index (κ2) is 8.82. The molecule has 0 spiro atoms. The van der Waals surface area contributed by atoms with Crippen molar-refractivity contribution in [2.45, 2.75) is 6.42 Å². The Morgan fingerprint density at radius 1 is 1.04 bits per heavy atom. The number of sulfonamides is 1. The molecule has 2 aromatic carbocycles. The Balaban J connectivity index is 2.04. The van der Waals surface area contributed by atoms with E-state index in [0.29, 0.717) is 6.42 Å². The highest BCUT2D eigenvalue weighted by atomic mass is 32.2. The predicted octanol–water partition coefficient (Wildman–Crippen LogP) is 2.16. The summed E-state index contributed by atoms with van der Waals surface area (Å²) in [5.41, 5.74) is 1.70. The first-order valence-electron chi connectivity index (χ1n) is 8.21. The maximum atomic E-state index is 12.5. The van der Waals surface area contributed by atoms with Gasteiger partial charge in [0.15, 0.2) is 0 Å². The van der Waals surface area contributed by atoms with Crippen molar-refractivity contribution in [3.63, 3.8) is 0 Å². The fourth-order valence-corrected chi connectivity index (χ4v) is 3.23. The zero-order valence-electron chi connectivity index (χ0n) is 15.3. The molecule has 0 fully saturated rings. The first kappa shape index (κ1) is 19.9. The van der Waals surface area contributed by atoms with E-state index in [2.05, 4.69) is 0 Å². The summed E-state index contributed by atoms with van der Waals surface area (Å²) < 4.78 is 30.5. The van der Waals surface area contributed by atoms with Crippen LogP contribution in [0.1, 0.15) is 5.56 Å². The number of hydrogen-bond acceptors (Lipinski definition) is 4. The second-order valence-electron chi connectivity index (χ2n) is 5.98. The van der Waals surface area contributed by atoms with Gasteiger partial charge in [-0.05, 0) is 36.2 Å². The van der Waals surface area contributed by atoms with Crippen LogP contribution in [-0.4, -0.2) is 52.1 Å². The standard InChI is InChI=1S/C19H24N2O4S/c1-20(17-7-5-4-6-8-17)19(22)15-21(26(3,23)24)14-13-16-9-11-18(25-2)12-10-16/h4-12H,13-15H2,1-3H3. The fourth-order valence-electron chi connectivity index (χ4n) is 2.46. The molecule has 0 saturated carbocycles. The molecule has 2 aromatic rings. The molecule has 0 aromatic heterocycles. The predicted molar refractivity (Wildman–Crippen MR) is 103 cm³/mol. The Kier molecular flexibility index (Phi) is 6.76. The molecule has 0 radical (unpaired) electrons. The smallest absolute Gasteiger partial charge is 0.242 e. The van der Waals surface area contributed by atoms with Crippen LogP contribution in [0.15, 0.2) is 54.6 Å². The number of benzene rings is 2. The highest BCUT2D eigenvalue weighted by molar-refractivity contribution is 7.88. The van der Waals surface area contributed by atoms with Gasteiger partial charge >= 0.3 is 0 Å². The van der Waals surface area contributed by atoms with Crippen LogP contribution < -0.4 is 9.64 Å². The molecular formula is C19H24N2O4S. The van der Waals surface area contributed by atoms with Crippen LogP contribution in [0.5, 0.6) is 5.75 Å². The monoisotopic (exact) mass is 376 g/mol. The van der Waals surface area contributed by atoms with Gasteiger partial charge < -0.3 is 9.64 Å². The van der Waals surface area contributed by atoms with Crippen molar-refractivity contribution in [1.82, 2.24) is 4.31 Å². The van der Waals surface area contributed by atoms with Crippen molar-refractivity contribution in [2.75, 3.05) is 38.4 Å². The maximum absolute atomic E-state index is 12.5. The number of nitrogens with zero attached hydrogens (tertiary/aromatic N) is 2. The highest BCUT2D eigenvalue weighted by Crippen LogP contribution is 2.14. The average Bonchev–Trinajstić information content (AvgIpc) is 2.64. The molecule has 140 valence electrons. The molecule has 6 nitrogen and oxygen atoms in total. The second-order valence-corrected chi connectivity index (χ2v) is 7.97. The number of para-hydroxylation sites is 1. The lowest BCUT2D eigenvalue weighted by molar-refractivity contribution is -0.118. The zero-order valence-corrected chi connectivity index (χ0v) is 16.1. The van der Waals surface area contributed by atoms with E-state index in [1.54, 1.807) is 26.3 Å². The Morgan fingerprint density at radius 3 is 2.19 bits per heavy atom. The summed E-state index contributed by atoms with van der Waals surface area (Å²) in [6.45, 7) is 0.0416. The van der Waals surface area contributed by atoms with Crippen LogP contribution in [0.4, 0.5) is 5.69 Å². The molecular weight excluding hydrogens is 352 g/mol. The molecule has 0 N–H and O–H groups in total.